The number of aliphatic hydroxyl groups is 1. The highest BCUT2D eigenvalue weighted by Crippen LogP contribution is 2.29. The zero-order chi connectivity index (χ0) is 11.4. The first-order chi connectivity index (χ1) is 7.04. The van der Waals surface area contributed by atoms with Gasteiger partial charge in [-0.3, -0.25) is 0 Å². The first kappa shape index (κ1) is 12.3. The lowest BCUT2D eigenvalue weighted by atomic mass is 9.99. The molecule has 1 unspecified atom stereocenters. The van der Waals surface area contributed by atoms with Gasteiger partial charge in [0.1, 0.15) is 5.75 Å². The van der Waals surface area contributed by atoms with Gasteiger partial charge in [0.2, 0.25) is 0 Å². The Morgan fingerprint density at radius 2 is 2.07 bits per heavy atom. The number of rotatable bonds is 4. The second-order valence-corrected chi connectivity index (χ2v) is 4.45. The summed E-state index contributed by atoms with van der Waals surface area (Å²) in [7, 11) is 1.57. The van der Waals surface area contributed by atoms with E-state index in [1.165, 1.54) is 0 Å². The first-order valence-corrected chi connectivity index (χ1v) is 5.44. The molecule has 1 aromatic carbocycles. The molecule has 1 aromatic rings. The summed E-state index contributed by atoms with van der Waals surface area (Å²) < 4.78 is 5.10. The van der Waals surface area contributed by atoms with Gasteiger partial charge < -0.3 is 9.84 Å². The van der Waals surface area contributed by atoms with Crippen molar-refractivity contribution in [3.63, 3.8) is 0 Å². The minimum absolute atomic E-state index is 0.448. The Kier molecular flexibility index (Phi) is 4.43. The maximum absolute atomic E-state index is 9.90. The van der Waals surface area contributed by atoms with Crippen molar-refractivity contribution < 1.29 is 9.84 Å². The van der Waals surface area contributed by atoms with Crippen LogP contribution in [0.1, 0.15) is 31.9 Å². The van der Waals surface area contributed by atoms with Crippen molar-refractivity contribution in [2.75, 3.05) is 7.11 Å². The quantitative estimate of drug-likeness (QED) is 0.856. The fourth-order valence-electron chi connectivity index (χ4n) is 1.47. The third kappa shape index (κ3) is 3.40. The van der Waals surface area contributed by atoms with Gasteiger partial charge in [-0.2, -0.15) is 0 Å². The Morgan fingerprint density at radius 1 is 1.40 bits per heavy atom. The number of hydrogen-bond donors (Lipinski definition) is 1. The Morgan fingerprint density at radius 3 is 2.60 bits per heavy atom. The van der Waals surface area contributed by atoms with Gasteiger partial charge in [0.15, 0.2) is 0 Å². The van der Waals surface area contributed by atoms with E-state index in [1.54, 1.807) is 19.2 Å². The second kappa shape index (κ2) is 5.38. The zero-order valence-corrected chi connectivity index (χ0v) is 10.1. The van der Waals surface area contributed by atoms with Crippen LogP contribution in [0.15, 0.2) is 18.2 Å². The first-order valence-electron chi connectivity index (χ1n) is 5.06. The van der Waals surface area contributed by atoms with Crippen molar-refractivity contribution in [3.05, 3.63) is 28.8 Å². The summed E-state index contributed by atoms with van der Waals surface area (Å²) in [5.41, 5.74) is 0.852. The molecule has 0 saturated heterocycles. The third-order valence-electron chi connectivity index (χ3n) is 2.25. The monoisotopic (exact) mass is 228 g/mol. The van der Waals surface area contributed by atoms with Crippen molar-refractivity contribution in [3.8, 4) is 5.75 Å². The van der Waals surface area contributed by atoms with Crippen LogP contribution in [0.3, 0.4) is 0 Å². The highest BCUT2D eigenvalue weighted by atomic mass is 35.5. The van der Waals surface area contributed by atoms with Crippen LogP contribution in [0.4, 0.5) is 0 Å². The Balaban J connectivity index is 2.85. The van der Waals surface area contributed by atoms with Gasteiger partial charge in [-0.15, -0.1) is 0 Å². The summed E-state index contributed by atoms with van der Waals surface area (Å²) in [6.07, 6.45) is 0.293. The molecule has 1 atom stereocenters. The number of aliphatic hydroxyl groups excluding tert-OH is 1. The maximum Gasteiger partial charge on any atom is 0.137 e. The molecule has 1 rings (SSSR count). The fourth-order valence-corrected chi connectivity index (χ4v) is 1.66. The van der Waals surface area contributed by atoms with Gasteiger partial charge in [0.05, 0.1) is 18.2 Å². The van der Waals surface area contributed by atoms with E-state index in [2.05, 4.69) is 13.8 Å². The summed E-state index contributed by atoms with van der Waals surface area (Å²) in [6, 6.07) is 5.37. The molecule has 0 amide bonds. The van der Waals surface area contributed by atoms with Crippen LogP contribution in [-0.2, 0) is 0 Å². The summed E-state index contributed by atoms with van der Waals surface area (Å²) >= 11 is 5.90. The van der Waals surface area contributed by atoms with E-state index in [-0.39, 0.29) is 0 Å². The summed E-state index contributed by atoms with van der Waals surface area (Å²) in [5.74, 6) is 1.07. The molecule has 2 nitrogen and oxygen atoms in total. The Labute approximate surface area is 95.8 Å². The molecule has 0 heterocycles. The molecule has 0 aromatic heterocycles. The molecule has 0 fully saturated rings. The number of benzene rings is 1. The number of methoxy groups -OCH3 is 1. The lowest BCUT2D eigenvalue weighted by Crippen LogP contribution is -2.02. The van der Waals surface area contributed by atoms with E-state index in [9.17, 15) is 5.11 Å². The van der Waals surface area contributed by atoms with Crippen molar-refractivity contribution >= 4 is 11.6 Å². The van der Waals surface area contributed by atoms with Crippen molar-refractivity contribution in [1.82, 2.24) is 0 Å². The number of ether oxygens (including phenoxy) is 1. The highest BCUT2D eigenvalue weighted by Gasteiger charge is 2.11. The largest absolute Gasteiger partial charge is 0.495 e. The van der Waals surface area contributed by atoms with Crippen LogP contribution in [0.5, 0.6) is 5.75 Å². The molecule has 0 radical (unpaired) electrons. The van der Waals surface area contributed by atoms with Crippen LogP contribution in [0.25, 0.3) is 0 Å². The van der Waals surface area contributed by atoms with E-state index in [1.807, 2.05) is 6.07 Å². The van der Waals surface area contributed by atoms with E-state index in [0.29, 0.717) is 16.7 Å². The smallest absolute Gasteiger partial charge is 0.137 e. The molecule has 3 heteroatoms. The Bertz CT molecular complexity index is 323. The minimum Gasteiger partial charge on any atom is -0.495 e. The standard InChI is InChI=1S/C12H17ClO2/c1-8(2)6-11(14)9-4-5-10(13)12(7-9)15-3/h4-5,7-8,11,14H,6H2,1-3H3. The normalized spacial score (nSPS) is 12.9. The fraction of sp³-hybridized carbons (Fsp3) is 0.500. The number of hydrogen-bond acceptors (Lipinski definition) is 2. The SMILES string of the molecule is COc1cc(C(O)CC(C)C)ccc1Cl. The van der Waals surface area contributed by atoms with E-state index >= 15 is 0 Å². The van der Waals surface area contributed by atoms with Crippen LogP contribution >= 0.6 is 11.6 Å². The summed E-state index contributed by atoms with van der Waals surface area (Å²) in [4.78, 5) is 0. The number of halogens is 1. The predicted molar refractivity (Wildman–Crippen MR) is 62.4 cm³/mol. The van der Waals surface area contributed by atoms with E-state index in [0.717, 1.165) is 12.0 Å². The lowest BCUT2D eigenvalue weighted by molar-refractivity contribution is 0.150. The van der Waals surface area contributed by atoms with Crippen LogP contribution < -0.4 is 4.74 Å². The van der Waals surface area contributed by atoms with Crippen LogP contribution in [0, 0.1) is 5.92 Å². The maximum atomic E-state index is 9.90. The molecule has 0 saturated carbocycles. The zero-order valence-electron chi connectivity index (χ0n) is 9.33. The molecular weight excluding hydrogens is 212 g/mol. The average molecular weight is 229 g/mol. The third-order valence-corrected chi connectivity index (χ3v) is 2.57. The molecule has 0 spiro atoms. The molecular formula is C12H17ClO2. The van der Waals surface area contributed by atoms with Gasteiger partial charge in [0.25, 0.3) is 0 Å². The minimum atomic E-state index is -0.448. The lowest BCUT2D eigenvalue weighted by Gasteiger charge is -2.14. The second-order valence-electron chi connectivity index (χ2n) is 4.04. The van der Waals surface area contributed by atoms with Gasteiger partial charge in [-0.25, -0.2) is 0 Å². The molecule has 1 N–H and O–H groups in total. The topological polar surface area (TPSA) is 29.5 Å². The van der Waals surface area contributed by atoms with E-state index < -0.39 is 6.10 Å². The highest BCUT2D eigenvalue weighted by molar-refractivity contribution is 6.32. The van der Waals surface area contributed by atoms with E-state index in [4.69, 9.17) is 16.3 Å². The van der Waals surface area contributed by atoms with Crippen LogP contribution in [-0.4, -0.2) is 12.2 Å². The van der Waals surface area contributed by atoms with Crippen LogP contribution in [0.2, 0.25) is 5.02 Å². The molecule has 15 heavy (non-hydrogen) atoms. The van der Waals surface area contributed by atoms with Gasteiger partial charge in [0, 0.05) is 0 Å². The van der Waals surface area contributed by atoms with Crippen molar-refractivity contribution in [2.45, 2.75) is 26.4 Å². The average Bonchev–Trinajstić information content (AvgIpc) is 2.17. The molecule has 0 aliphatic heterocycles. The van der Waals surface area contributed by atoms with Gasteiger partial charge in [-0.05, 0) is 30.0 Å². The summed E-state index contributed by atoms with van der Waals surface area (Å²) in [6.45, 7) is 4.16. The Hall–Kier alpha value is -0.730. The molecule has 0 aliphatic rings. The van der Waals surface area contributed by atoms with Gasteiger partial charge in [-0.1, -0.05) is 31.5 Å². The van der Waals surface area contributed by atoms with Crippen molar-refractivity contribution in [2.24, 2.45) is 5.92 Å². The molecule has 0 bridgehead atoms. The van der Waals surface area contributed by atoms with Gasteiger partial charge >= 0.3 is 0 Å². The molecule has 84 valence electrons. The molecule has 0 aliphatic carbocycles. The summed E-state index contributed by atoms with van der Waals surface area (Å²) in [5, 5.41) is 10.5. The predicted octanol–water partition coefficient (Wildman–Crippen LogP) is 3.43. The van der Waals surface area contributed by atoms with Crippen molar-refractivity contribution in [1.29, 1.82) is 0 Å².